The molecule has 0 atom stereocenters. The van der Waals surface area contributed by atoms with Crippen molar-refractivity contribution in [3.8, 4) is 23.0 Å². The highest BCUT2D eigenvalue weighted by molar-refractivity contribution is 6.14. The molecule has 0 unspecified atom stereocenters. The van der Waals surface area contributed by atoms with E-state index in [4.69, 9.17) is 18.9 Å². The van der Waals surface area contributed by atoms with Gasteiger partial charge in [0.05, 0.1) is 43.6 Å². The lowest BCUT2D eigenvalue weighted by Gasteiger charge is -2.15. The van der Waals surface area contributed by atoms with Crippen molar-refractivity contribution < 1.29 is 35.9 Å². The number of benzene rings is 3. The molecule has 0 amide bonds. The molecule has 0 saturated heterocycles. The Bertz CT molecular complexity index is 1240. The molecule has 0 N–H and O–H groups in total. The largest absolute Gasteiger partial charge is 1.00 e. The van der Waals surface area contributed by atoms with Crippen molar-refractivity contribution in [1.82, 2.24) is 0 Å². The SMILES string of the molecule is COc1cc2ccc3c4cc(OC)c(OC(C)C)cc4c[n+](C)c3c2cc1OC.[Cl-]. The maximum Gasteiger partial charge on any atom is 0.220 e. The van der Waals surface area contributed by atoms with Gasteiger partial charge in [-0.05, 0) is 49.6 Å². The van der Waals surface area contributed by atoms with Crippen LogP contribution >= 0.6 is 0 Å². The van der Waals surface area contributed by atoms with Gasteiger partial charge in [-0.15, -0.1) is 0 Å². The highest BCUT2D eigenvalue weighted by atomic mass is 35.5. The number of nitrogens with zero attached hydrogens (tertiary/aromatic N) is 1. The molecule has 0 aliphatic carbocycles. The van der Waals surface area contributed by atoms with Crippen LogP contribution in [0.1, 0.15) is 13.8 Å². The van der Waals surface area contributed by atoms with Gasteiger partial charge in [-0.2, -0.15) is 4.57 Å². The minimum atomic E-state index is 0. The fourth-order valence-corrected chi connectivity index (χ4v) is 3.93. The Morgan fingerprint density at radius 3 is 1.90 bits per heavy atom. The molecule has 0 aliphatic heterocycles. The molecule has 1 heterocycles. The number of fused-ring (bicyclic) bond motifs is 5. The highest BCUT2D eigenvalue weighted by Crippen LogP contribution is 2.39. The van der Waals surface area contributed by atoms with Crippen molar-refractivity contribution in [2.24, 2.45) is 7.05 Å². The Labute approximate surface area is 182 Å². The van der Waals surface area contributed by atoms with Crippen molar-refractivity contribution in [3.05, 3.63) is 42.6 Å². The zero-order valence-electron chi connectivity index (χ0n) is 18.1. The van der Waals surface area contributed by atoms with Gasteiger partial charge in [0.15, 0.2) is 29.2 Å². The van der Waals surface area contributed by atoms with Crippen LogP contribution in [0, 0.1) is 0 Å². The molecule has 158 valence electrons. The predicted octanol–water partition coefficient (Wildman–Crippen LogP) is 1.79. The molecular formula is C24H26ClNO4. The van der Waals surface area contributed by atoms with E-state index < -0.39 is 0 Å². The van der Waals surface area contributed by atoms with Gasteiger partial charge in [0.2, 0.25) is 5.52 Å². The van der Waals surface area contributed by atoms with Crippen LogP contribution in [0.15, 0.2) is 42.6 Å². The second kappa shape index (κ2) is 8.44. The number of halogens is 1. The van der Waals surface area contributed by atoms with Crippen LogP contribution in [0.5, 0.6) is 23.0 Å². The summed E-state index contributed by atoms with van der Waals surface area (Å²) in [7, 11) is 7.05. The van der Waals surface area contributed by atoms with Crippen LogP contribution in [0.25, 0.3) is 32.4 Å². The van der Waals surface area contributed by atoms with Crippen molar-refractivity contribution in [2.45, 2.75) is 20.0 Å². The van der Waals surface area contributed by atoms with Gasteiger partial charge in [-0.25, -0.2) is 0 Å². The van der Waals surface area contributed by atoms with Crippen LogP contribution in [0.3, 0.4) is 0 Å². The second-order valence-electron chi connectivity index (χ2n) is 7.39. The van der Waals surface area contributed by atoms with E-state index in [0.717, 1.165) is 49.7 Å². The highest BCUT2D eigenvalue weighted by Gasteiger charge is 2.19. The average Bonchev–Trinajstić information content (AvgIpc) is 2.71. The molecule has 0 spiro atoms. The minimum Gasteiger partial charge on any atom is -1.00 e. The lowest BCUT2D eigenvalue weighted by molar-refractivity contribution is -0.642. The number of pyridine rings is 1. The molecule has 0 bridgehead atoms. The summed E-state index contributed by atoms with van der Waals surface area (Å²) < 4.78 is 24.7. The maximum absolute atomic E-state index is 5.96. The van der Waals surface area contributed by atoms with Crippen LogP contribution in [-0.2, 0) is 7.05 Å². The van der Waals surface area contributed by atoms with Crippen molar-refractivity contribution in [1.29, 1.82) is 0 Å². The van der Waals surface area contributed by atoms with Crippen LogP contribution in [0.4, 0.5) is 0 Å². The third-order valence-corrected chi connectivity index (χ3v) is 5.17. The van der Waals surface area contributed by atoms with Gasteiger partial charge in [0.1, 0.15) is 7.05 Å². The van der Waals surface area contributed by atoms with Crippen LogP contribution < -0.4 is 35.9 Å². The van der Waals surface area contributed by atoms with E-state index in [0.29, 0.717) is 5.75 Å². The second-order valence-corrected chi connectivity index (χ2v) is 7.39. The molecule has 5 nitrogen and oxygen atoms in total. The summed E-state index contributed by atoms with van der Waals surface area (Å²) in [4.78, 5) is 0. The minimum absolute atomic E-state index is 0. The number of hydrogen-bond acceptors (Lipinski definition) is 4. The molecule has 6 heteroatoms. The monoisotopic (exact) mass is 427 g/mol. The number of methoxy groups -OCH3 is 3. The fraction of sp³-hybridized carbons (Fsp3) is 0.292. The first-order valence-corrected chi connectivity index (χ1v) is 9.62. The first kappa shape index (κ1) is 21.8. The Morgan fingerprint density at radius 2 is 1.27 bits per heavy atom. The van der Waals surface area contributed by atoms with E-state index in [1.54, 1.807) is 21.3 Å². The van der Waals surface area contributed by atoms with Gasteiger partial charge in [0, 0.05) is 5.39 Å². The normalized spacial score (nSPS) is 11.0. The zero-order valence-corrected chi connectivity index (χ0v) is 18.8. The number of ether oxygens (including phenoxy) is 4. The molecule has 0 fully saturated rings. The maximum atomic E-state index is 5.96. The van der Waals surface area contributed by atoms with E-state index in [1.807, 2.05) is 32.0 Å². The summed E-state index contributed by atoms with van der Waals surface area (Å²) in [5.74, 6) is 2.92. The molecule has 3 aromatic carbocycles. The van der Waals surface area contributed by atoms with Gasteiger partial charge in [-0.1, -0.05) is 6.07 Å². The third-order valence-electron chi connectivity index (χ3n) is 5.17. The van der Waals surface area contributed by atoms with Crippen molar-refractivity contribution in [2.75, 3.05) is 21.3 Å². The van der Waals surface area contributed by atoms with E-state index in [9.17, 15) is 0 Å². The number of hydrogen-bond donors (Lipinski definition) is 0. The van der Waals surface area contributed by atoms with E-state index in [-0.39, 0.29) is 18.5 Å². The van der Waals surface area contributed by atoms with E-state index >= 15 is 0 Å². The van der Waals surface area contributed by atoms with Gasteiger partial charge < -0.3 is 31.4 Å². The molecule has 0 radical (unpaired) electrons. The number of aryl methyl sites for hydroxylation is 1. The Balaban J connectivity index is 0.00000256. The van der Waals surface area contributed by atoms with E-state index in [2.05, 4.69) is 36.0 Å². The number of aromatic nitrogens is 1. The predicted molar refractivity (Wildman–Crippen MR) is 116 cm³/mol. The van der Waals surface area contributed by atoms with Crippen LogP contribution in [-0.4, -0.2) is 27.4 Å². The fourth-order valence-electron chi connectivity index (χ4n) is 3.93. The molecule has 1 aromatic heterocycles. The lowest BCUT2D eigenvalue weighted by atomic mass is 10.00. The van der Waals surface area contributed by atoms with Gasteiger partial charge in [-0.3, -0.25) is 0 Å². The molecule has 0 aliphatic rings. The molecule has 4 rings (SSSR count). The molecule has 30 heavy (non-hydrogen) atoms. The summed E-state index contributed by atoms with van der Waals surface area (Å²) in [6, 6.07) is 12.4. The molecular weight excluding hydrogens is 402 g/mol. The summed E-state index contributed by atoms with van der Waals surface area (Å²) in [6.45, 7) is 4.02. The summed E-state index contributed by atoms with van der Waals surface area (Å²) in [5.41, 5.74) is 1.12. The summed E-state index contributed by atoms with van der Waals surface area (Å²) >= 11 is 0. The summed E-state index contributed by atoms with van der Waals surface area (Å²) in [5, 5.41) is 5.54. The van der Waals surface area contributed by atoms with Crippen molar-refractivity contribution >= 4 is 32.4 Å². The summed E-state index contributed by atoms with van der Waals surface area (Å²) in [6.07, 6.45) is 2.20. The van der Waals surface area contributed by atoms with Gasteiger partial charge in [0.25, 0.3) is 0 Å². The average molecular weight is 428 g/mol. The Morgan fingerprint density at radius 1 is 0.700 bits per heavy atom. The smallest absolute Gasteiger partial charge is 0.220 e. The lowest BCUT2D eigenvalue weighted by Crippen LogP contribution is -3.00. The third kappa shape index (κ3) is 3.54. The molecule has 0 saturated carbocycles. The van der Waals surface area contributed by atoms with Gasteiger partial charge >= 0.3 is 0 Å². The first-order chi connectivity index (χ1) is 14.0. The Kier molecular flexibility index (Phi) is 6.13. The standard InChI is InChI=1S/C24H26NO4.ClH/c1-14(2)29-23-10-16-13-25(3)24-17(18(16)11-22(23)28-6)8-7-15-9-20(26-4)21(27-5)12-19(15)24;/h7-14H,1-6H3;1H/q+1;/p-1. The van der Waals surface area contributed by atoms with Crippen LogP contribution in [0.2, 0.25) is 0 Å². The van der Waals surface area contributed by atoms with Crippen molar-refractivity contribution in [3.63, 3.8) is 0 Å². The Hall–Kier alpha value is -2.92. The van der Waals surface area contributed by atoms with E-state index in [1.165, 1.54) is 0 Å². The zero-order chi connectivity index (χ0) is 20.7. The number of rotatable bonds is 5. The quantitative estimate of drug-likeness (QED) is 0.359. The molecule has 4 aromatic rings. The first-order valence-electron chi connectivity index (χ1n) is 9.62. The topological polar surface area (TPSA) is 40.8 Å².